The average molecular weight is 262 g/mol. The third-order valence-corrected chi connectivity index (χ3v) is 6.73. The fraction of sp³-hybridized carbons (Fsp3) is 0.824. The minimum absolute atomic E-state index is 0.129. The zero-order chi connectivity index (χ0) is 13.8. The highest BCUT2D eigenvalue weighted by atomic mass is 16.5. The van der Waals surface area contributed by atoms with Crippen LogP contribution in [0.1, 0.15) is 52.9 Å². The van der Waals surface area contributed by atoms with E-state index < -0.39 is 0 Å². The van der Waals surface area contributed by atoms with Gasteiger partial charge in [0.25, 0.3) is 0 Å². The molecule has 2 heteroatoms. The summed E-state index contributed by atoms with van der Waals surface area (Å²) in [5.74, 6) is 1.97. The van der Waals surface area contributed by atoms with Crippen LogP contribution in [0, 0.1) is 28.6 Å². The van der Waals surface area contributed by atoms with Crippen LogP contribution in [0.3, 0.4) is 0 Å². The molecule has 2 nitrogen and oxygen atoms in total. The highest BCUT2D eigenvalue weighted by Crippen LogP contribution is 2.72. The number of rotatable bonds is 2. The van der Waals surface area contributed by atoms with Crippen molar-refractivity contribution in [1.29, 1.82) is 0 Å². The number of hydrogen-bond acceptors (Lipinski definition) is 2. The topological polar surface area (TPSA) is 26.3 Å². The molecule has 5 atom stereocenters. The molecule has 19 heavy (non-hydrogen) atoms. The number of ether oxygens (including phenoxy) is 1. The van der Waals surface area contributed by atoms with Gasteiger partial charge in [0.15, 0.2) is 0 Å². The molecule has 0 heterocycles. The molecule has 0 N–H and O–H groups in total. The first-order valence-corrected chi connectivity index (χ1v) is 7.71. The van der Waals surface area contributed by atoms with Crippen molar-refractivity contribution < 1.29 is 9.53 Å². The molecule has 0 aromatic rings. The van der Waals surface area contributed by atoms with Crippen LogP contribution in [0.4, 0.5) is 0 Å². The summed E-state index contributed by atoms with van der Waals surface area (Å²) in [5.41, 5.74) is 2.05. The van der Waals surface area contributed by atoms with Crippen LogP contribution in [0.15, 0.2) is 12.2 Å². The predicted molar refractivity (Wildman–Crippen MR) is 75.5 cm³/mol. The summed E-state index contributed by atoms with van der Waals surface area (Å²) in [4.78, 5) is 11.2. The van der Waals surface area contributed by atoms with Crippen molar-refractivity contribution in [3.05, 3.63) is 12.2 Å². The van der Waals surface area contributed by atoms with Crippen LogP contribution in [0.25, 0.3) is 0 Å². The molecule has 0 amide bonds. The van der Waals surface area contributed by atoms with Crippen molar-refractivity contribution in [3.8, 4) is 0 Å². The first kappa shape index (κ1) is 13.2. The molecular weight excluding hydrogens is 236 g/mol. The Hall–Kier alpha value is -0.790. The second-order valence-electron chi connectivity index (χ2n) is 7.47. The van der Waals surface area contributed by atoms with E-state index in [9.17, 15) is 4.79 Å². The number of esters is 1. The molecule has 3 aliphatic rings. The minimum Gasteiger partial charge on any atom is -0.465 e. The van der Waals surface area contributed by atoms with E-state index >= 15 is 0 Å². The summed E-state index contributed by atoms with van der Waals surface area (Å²) in [7, 11) is 0. The monoisotopic (exact) mass is 262 g/mol. The normalized spacial score (nSPS) is 48.2. The van der Waals surface area contributed by atoms with Crippen molar-refractivity contribution >= 4 is 5.97 Å². The van der Waals surface area contributed by atoms with E-state index in [1.165, 1.54) is 44.6 Å². The van der Waals surface area contributed by atoms with Crippen LogP contribution >= 0.6 is 0 Å². The first-order chi connectivity index (χ1) is 8.90. The van der Waals surface area contributed by atoms with Gasteiger partial charge in [0.1, 0.15) is 0 Å². The summed E-state index contributed by atoms with van der Waals surface area (Å²) in [6.07, 6.45) is 6.43. The molecule has 0 radical (unpaired) electrons. The highest BCUT2D eigenvalue weighted by molar-refractivity contribution is 5.66. The van der Waals surface area contributed by atoms with E-state index in [0.29, 0.717) is 17.9 Å². The lowest BCUT2D eigenvalue weighted by Gasteiger charge is -2.38. The fourth-order valence-corrected chi connectivity index (χ4v) is 5.68. The number of fused-ring (bicyclic) bond motifs is 1. The van der Waals surface area contributed by atoms with E-state index in [1.807, 2.05) is 0 Å². The van der Waals surface area contributed by atoms with E-state index in [2.05, 4.69) is 20.4 Å². The number of hydrogen-bond donors (Lipinski definition) is 0. The van der Waals surface area contributed by atoms with Gasteiger partial charge in [-0.2, -0.15) is 0 Å². The third kappa shape index (κ3) is 1.64. The summed E-state index contributed by atoms with van der Waals surface area (Å²) < 4.78 is 5.45. The molecule has 1 spiro atoms. The summed E-state index contributed by atoms with van der Waals surface area (Å²) in [6.45, 7) is 11.2. The van der Waals surface area contributed by atoms with Crippen LogP contribution < -0.4 is 0 Å². The summed E-state index contributed by atoms with van der Waals surface area (Å²) >= 11 is 0. The number of carbonyl (C=O) groups excluding carboxylic acids is 1. The molecular formula is C17H26O2. The Bertz CT molecular complexity index is 427. The summed E-state index contributed by atoms with van der Waals surface area (Å²) in [6, 6.07) is 0. The first-order valence-electron chi connectivity index (χ1n) is 7.71. The molecule has 0 aromatic heterocycles. The molecule has 2 bridgehead atoms. The van der Waals surface area contributed by atoms with Gasteiger partial charge in [-0.05, 0) is 55.3 Å². The van der Waals surface area contributed by atoms with Gasteiger partial charge < -0.3 is 4.74 Å². The van der Waals surface area contributed by atoms with E-state index in [4.69, 9.17) is 4.74 Å². The van der Waals surface area contributed by atoms with Gasteiger partial charge in [-0.3, -0.25) is 4.79 Å². The second-order valence-corrected chi connectivity index (χ2v) is 7.47. The molecule has 1 unspecified atom stereocenters. The largest absolute Gasteiger partial charge is 0.465 e. The lowest BCUT2D eigenvalue weighted by Crippen LogP contribution is -2.36. The molecule has 3 saturated carbocycles. The van der Waals surface area contributed by atoms with E-state index in [1.54, 1.807) is 0 Å². The standard InChI is InChI=1S/C17H26O2/c1-11-7-8-17-9-14(11)16(4,10-19-13(3)18)15(17)6-5-12(17)2/h12,14-15H,1,5-10H2,2-4H3/t12-,14-,15?,16-,17+/m1/s1. The van der Waals surface area contributed by atoms with Gasteiger partial charge in [0, 0.05) is 12.3 Å². The van der Waals surface area contributed by atoms with Crippen LogP contribution in [0.2, 0.25) is 0 Å². The molecule has 0 saturated heterocycles. The van der Waals surface area contributed by atoms with Crippen molar-refractivity contribution in [2.24, 2.45) is 28.6 Å². The number of carbonyl (C=O) groups is 1. The second kappa shape index (κ2) is 4.10. The van der Waals surface area contributed by atoms with Crippen molar-refractivity contribution in [2.75, 3.05) is 6.61 Å². The van der Waals surface area contributed by atoms with Crippen LogP contribution in [0.5, 0.6) is 0 Å². The van der Waals surface area contributed by atoms with Gasteiger partial charge in [-0.25, -0.2) is 0 Å². The molecule has 3 rings (SSSR count). The maximum absolute atomic E-state index is 11.2. The van der Waals surface area contributed by atoms with Crippen molar-refractivity contribution in [3.63, 3.8) is 0 Å². The molecule has 0 aliphatic heterocycles. The van der Waals surface area contributed by atoms with Crippen molar-refractivity contribution in [2.45, 2.75) is 52.9 Å². The Morgan fingerprint density at radius 2 is 2.21 bits per heavy atom. The quantitative estimate of drug-likeness (QED) is 0.556. The smallest absolute Gasteiger partial charge is 0.302 e. The fourth-order valence-electron chi connectivity index (χ4n) is 5.68. The molecule has 3 fully saturated rings. The van der Waals surface area contributed by atoms with Crippen LogP contribution in [-0.4, -0.2) is 12.6 Å². The number of allylic oxidation sites excluding steroid dienone is 1. The molecule has 106 valence electrons. The zero-order valence-corrected chi connectivity index (χ0v) is 12.5. The lowest BCUT2D eigenvalue weighted by molar-refractivity contribution is -0.146. The van der Waals surface area contributed by atoms with Gasteiger partial charge in [-0.15, -0.1) is 0 Å². The maximum atomic E-state index is 11.2. The highest BCUT2D eigenvalue weighted by Gasteiger charge is 2.65. The van der Waals surface area contributed by atoms with E-state index in [-0.39, 0.29) is 11.4 Å². The Balaban J connectivity index is 1.95. The third-order valence-electron chi connectivity index (χ3n) is 6.73. The molecule has 3 aliphatic carbocycles. The zero-order valence-electron chi connectivity index (χ0n) is 12.5. The minimum atomic E-state index is -0.145. The van der Waals surface area contributed by atoms with Gasteiger partial charge in [0.2, 0.25) is 0 Å². The molecule has 0 aromatic carbocycles. The SMILES string of the molecule is C=C1CC[C@@]23C[C@H]1[C@@](C)(COC(C)=O)C2CC[C@H]3C. The Kier molecular flexibility index (Phi) is 2.85. The Morgan fingerprint density at radius 3 is 2.89 bits per heavy atom. The predicted octanol–water partition coefficient (Wildman–Crippen LogP) is 3.96. The Morgan fingerprint density at radius 1 is 1.47 bits per heavy atom. The Labute approximate surface area is 116 Å². The van der Waals surface area contributed by atoms with Gasteiger partial charge in [0.05, 0.1) is 6.61 Å². The van der Waals surface area contributed by atoms with Gasteiger partial charge >= 0.3 is 5.97 Å². The van der Waals surface area contributed by atoms with E-state index in [0.717, 1.165) is 11.8 Å². The average Bonchev–Trinajstić information content (AvgIpc) is 2.77. The lowest BCUT2D eigenvalue weighted by atomic mass is 9.67. The summed E-state index contributed by atoms with van der Waals surface area (Å²) in [5, 5.41) is 0. The van der Waals surface area contributed by atoms with Gasteiger partial charge in [-0.1, -0.05) is 26.0 Å². The van der Waals surface area contributed by atoms with Crippen LogP contribution in [-0.2, 0) is 9.53 Å². The van der Waals surface area contributed by atoms with Crippen molar-refractivity contribution in [1.82, 2.24) is 0 Å². The maximum Gasteiger partial charge on any atom is 0.302 e.